The lowest BCUT2D eigenvalue weighted by atomic mass is 10.1. The third-order valence-electron chi connectivity index (χ3n) is 2.99. The number of nitrogens with one attached hydrogen (secondary N) is 1. The van der Waals surface area contributed by atoms with Gasteiger partial charge in [-0.2, -0.15) is 0 Å². The number of benzene rings is 1. The SMILES string of the molecule is Cc1cc(-c2nnc(CNC3CC3)o2)ccc1Br. The van der Waals surface area contributed by atoms with Crippen LogP contribution in [-0.2, 0) is 6.54 Å². The fourth-order valence-electron chi connectivity index (χ4n) is 1.74. The van der Waals surface area contributed by atoms with Crippen molar-refractivity contribution in [2.75, 3.05) is 0 Å². The van der Waals surface area contributed by atoms with Gasteiger partial charge in [0.15, 0.2) is 0 Å². The van der Waals surface area contributed by atoms with Crippen molar-refractivity contribution in [1.29, 1.82) is 0 Å². The molecular formula is C13H14BrN3O. The first-order chi connectivity index (χ1) is 8.72. The van der Waals surface area contributed by atoms with Gasteiger partial charge in [-0.3, -0.25) is 0 Å². The molecule has 0 bridgehead atoms. The van der Waals surface area contributed by atoms with E-state index in [1.807, 2.05) is 25.1 Å². The summed E-state index contributed by atoms with van der Waals surface area (Å²) in [6.07, 6.45) is 2.51. The highest BCUT2D eigenvalue weighted by atomic mass is 79.9. The minimum Gasteiger partial charge on any atom is -0.419 e. The maximum Gasteiger partial charge on any atom is 0.247 e. The summed E-state index contributed by atoms with van der Waals surface area (Å²) >= 11 is 3.48. The summed E-state index contributed by atoms with van der Waals surface area (Å²) in [5.41, 5.74) is 2.12. The maximum absolute atomic E-state index is 5.64. The Hall–Kier alpha value is -1.20. The lowest BCUT2D eigenvalue weighted by molar-refractivity contribution is 0.476. The first-order valence-corrected chi connectivity index (χ1v) is 6.84. The van der Waals surface area contributed by atoms with E-state index in [4.69, 9.17) is 4.42 Å². The Labute approximate surface area is 114 Å². The summed E-state index contributed by atoms with van der Waals surface area (Å²) in [7, 11) is 0. The molecule has 0 atom stereocenters. The number of hydrogen-bond acceptors (Lipinski definition) is 4. The third kappa shape index (κ3) is 2.62. The van der Waals surface area contributed by atoms with E-state index in [0.717, 1.165) is 15.6 Å². The van der Waals surface area contributed by atoms with Crippen molar-refractivity contribution in [2.24, 2.45) is 0 Å². The van der Waals surface area contributed by atoms with E-state index in [2.05, 4.69) is 31.4 Å². The molecule has 94 valence electrons. The summed E-state index contributed by atoms with van der Waals surface area (Å²) in [6, 6.07) is 6.66. The van der Waals surface area contributed by atoms with Crippen LogP contribution in [0.5, 0.6) is 0 Å². The minimum atomic E-state index is 0.582. The fourth-order valence-corrected chi connectivity index (χ4v) is 1.99. The van der Waals surface area contributed by atoms with Gasteiger partial charge in [-0.1, -0.05) is 15.9 Å². The quantitative estimate of drug-likeness (QED) is 0.943. The molecule has 0 unspecified atom stereocenters. The second-order valence-electron chi connectivity index (χ2n) is 4.62. The molecule has 1 fully saturated rings. The van der Waals surface area contributed by atoms with E-state index in [0.29, 0.717) is 24.4 Å². The Kier molecular flexibility index (Phi) is 3.18. The van der Waals surface area contributed by atoms with Crippen LogP contribution in [0.25, 0.3) is 11.5 Å². The van der Waals surface area contributed by atoms with Crippen molar-refractivity contribution in [1.82, 2.24) is 15.5 Å². The number of hydrogen-bond donors (Lipinski definition) is 1. The van der Waals surface area contributed by atoms with Gasteiger partial charge in [-0.15, -0.1) is 10.2 Å². The van der Waals surface area contributed by atoms with Crippen molar-refractivity contribution in [3.05, 3.63) is 34.1 Å². The molecule has 1 aromatic heterocycles. The monoisotopic (exact) mass is 307 g/mol. The molecule has 1 saturated carbocycles. The van der Waals surface area contributed by atoms with E-state index in [1.165, 1.54) is 12.8 Å². The standard InChI is InChI=1S/C13H14BrN3O/c1-8-6-9(2-5-11(8)14)13-17-16-12(18-13)7-15-10-3-4-10/h2,5-6,10,15H,3-4,7H2,1H3. The lowest BCUT2D eigenvalue weighted by Crippen LogP contribution is -2.15. The van der Waals surface area contributed by atoms with Crippen molar-refractivity contribution in [3.63, 3.8) is 0 Å². The van der Waals surface area contributed by atoms with Crippen molar-refractivity contribution < 1.29 is 4.42 Å². The van der Waals surface area contributed by atoms with Crippen LogP contribution in [0.4, 0.5) is 0 Å². The molecule has 18 heavy (non-hydrogen) atoms. The lowest BCUT2D eigenvalue weighted by Gasteiger charge is -2.00. The predicted octanol–water partition coefficient (Wildman–Crippen LogP) is 3.06. The number of aryl methyl sites for hydroxylation is 1. The molecule has 5 heteroatoms. The Morgan fingerprint density at radius 2 is 2.22 bits per heavy atom. The van der Waals surface area contributed by atoms with Crippen LogP contribution in [0.15, 0.2) is 27.1 Å². The molecule has 0 spiro atoms. The van der Waals surface area contributed by atoms with Gasteiger partial charge in [-0.05, 0) is 43.5 Å². The van der Waals surface area contributed by atoms with E-state index in [1.54, 1.807) is 0 Å². The zero-order valence-corrected chi connectivity index (χ0v) is 11.7. The number of aromatic nitrogens is 2. The first kappa shape index (κ1) is 11.9. The summed E-state index contributed by atoms with van der Waals surface area (Å²) in [5.74, 6) is 1.23. The predicted molar refractivity (Wildman–Crippen MR) is 72.0 cm³/mol. The average molecular weight is 308 g/mol. The van der Waals surface area contributed by atoms with Gasteiger partial charge < -0.3 is 9.73 Å². The van der Waals surface area contributed by atoms with Gasteiger partial charge in [0.2, 0.25) is 11.8 Å². The largest absolute Gasteiger partial charge is 0.419 e. The molecule has 0 aliphatic heterocycles. The molecule has 3 rings (SSSR count). The molecular weight excluding hydrogens is 294 g/mol. The second kappa shape index (κ2) is 4.82. The topological polar surface area (TPSA) is 51.0 Å². The van der Waals surface area contributed by atoms with Crippen molar-refractivity contribution in [3.8, 4) is 11.5 Å². The van der Waals surface area contributed by atoms with Gasteiger partial charge in [-0.25, -0.2) is 0 Å². The van der Waals surface area contributed by atoms with Gasteiger partial charge in [0, 0.05) is 16.1 Å². The highest BCUT2D eigenvalue weighted by Gasteiger charge is 2.21. The summed E-state index contributed by atoms with van der Waals surface area (Å²) < 4.78 is 6.73. The second-order valence-corrected chi connectivity index (χ2v) is 5.47. The summed E-state index contributed by atoms with van der Waals surface area (Å²) in [6.45, 7) is 2.70. The van der Waals surface area contributed by atoms with Gasteiger partial charge in [0.05, 0.1) is 6.54 Å². The van der Waals surface area contributed by atoms with Gasteiger partial charge >= 0.3 is 0 Å². The number of rotatable bonds is 4. The fraction of sp³-hybridized carbons (Fsp3) is 0.385. The van der Waals surface area contributed by atoms with Crippen LogP contribution in [0, 0.1) is 6.92 Å². The highest BCUT2D eigenvalue weighted by Crippen LogP contribution is 2.24. The normalized spacial score (nSPS) is 15.0. The molecule has 1 aliphatic rings. The molecule has 1 N–H and O–H groups in total. The number of halogens is 1. The van der Waals surface area contributed by atoms with E-state index in [-0.39, 0.29) is 0 Å². The van der Waals surface area contributed by atoms with Crippen LogP contribution in [-0.4, -0.2) is 16.2 Å². The van der Waals surface area contributed by atoms with Gasteiger partial charge in [0.1, 0.15) is 0 Å². The van der Waals surface area contributed by atoms with Crippen molar-refractivity contribution in [2.45, 2.75) is 32.4 Å². The molecule has 1 aliphatic carbocycles. The molecule has 0 saturated heterocycles. The zero-order chi connectivity index (χ0) is 12.5. The molecule has 0 amide bonds. The zero-order valence-electron chi connectivity index (χ0n) is 10.1. The van der Waals surface area contributed by atoms with Crippen molar-refractivity contribution >= 4 is 15.9 Å². The van der Waals surface area contributed by atoms with Crippen LogP contribution in [0.3, 0.4) is 0 Å². The van der Waals surface area contributed by atoms with Crippen LogP contribution >= 0.6 is 15.9 Å². The first-order valence-electron chi connectivity index (χ1n) is 6.04. The van der Waals surface area contributed by atoms with Crippen LogP contribution in [0.1, 0.15) is 24.3 Å². The molecule has 4 nitrogen and oxygen atoms in total. The minimum absolute atomic E-state index is 0.582. The van der Waals surface area contributed by atoms with E-state index >= 15 is 0 Å². The maximum atomic E-state index is 5.64. The Morgan fingerprint density at radius 3 is 2.94 bits per heavy atom. The van der Waals surface area contributed by atoms with Gasteiger partial charge in [0.25, 0.3) is 0 Å². The van der Waals surface area contributed by atoms with E-state index < -0.39 is 0 Å². The molecule has 1 aromatic carbocycles. The molecule has 0 radical (unpaired) electrons. The Balaban J connectivity index is 1.76. The summed E-state index contributed by atoms with van der Waals surface area (Å²) in [5, 5.41) is 11.5. The third-order valence-corrected chi connectivity index (χ3v) is 3.88. The number of nitrogens with zero attached hydrogens (tertiary/aromatic N) is 2. The smallest absolute Gasteiger partial charge is 0.247 e. The Bertz CT molecular complexity index is 563. The van der Waals surface area contributed by atoms with Crippen LogP contribution < -0.4 is 5.32 Å². The molecule has 2 aromatic rings. The average Bonchev–Trinajstić information content (AvgIpc) is 3.08. The van der Waals surface area contributed by atoms with E-state index in [9.17, 15) is 0 Å². The Morgan fingerprint density at radius 1 is 1.39 bits per heavy atom. The highest BCUT2D eigenvalue weighted by molar-refractivity contribution is 9.10. The van der Waals surface area contributed by atoms with Crippen LogP contribution in [0.2, 0.25) is 0 Å². The molecule has 1 heterocycles. The summed E-state index contributed by atoms with van der Waals surface area (Å²) in [4.78, 5) is 0.